The topological polar surface area (TPSA) is 237 Å². The van der Waals surface area contributed by atoms with E-state index in [0.29, 0.717) is 25.7 Å². The van der Waals surface area contributed by atoms with Gasteiger partial charge >= 0.3 is 39.5 Å². The van der Waals surface area contributed by atoms with E-state index >= 15 is 0 Å². The van der Waals surface area contributed by atoms with Crippen LogP contribution in [0.4, 0.5) is 0 Å². The van der Waals surface area contributed by atoms with Crippen LogP contribution in [-0.2, 0) is 65.4 Å². The largest absolute Gasteiger partial charge is 0.472 e. The Morgan fingerprint density at radius 2 is 0.486 bits per heavy atom. The van der Waals surface area contributed by atoms with Gasteiger partial charge in [-0.15, -0.1) is 0 Å². The van der Waals surface area contributed by atoms with E-state index in [0.717, 1.165) is 102 Å². The molecule has 0 spiro atoms. The van der Waals surface area contributed by atoms with Crippen molar-refractivity contribution in [3.8, 4) is 0 Å². The summed E-state index contributed by atoms with van der Waals surface area (Å²) in [6.07, 6.45) is 69.2. The van der Waals surface area contributed by atoms with Crippen molar-refractivity contribution < 1.29 is 80.2 Å². The van der Waals surface area contributed by atoms with E-state index < -0.39 is 97.5 Å². The second-order valence-electron chi connectivity index (χ2n) is 31.6. The summed E-state index contributed by atoms with van der Waals surface area (Å²) in [4.78, 5) is 73.3. The minimum absolute atomic E-state index is 0.108. The number of ether oxygens (including phenoxy) is 4. The van der Waals surface area contributed by atoms with Gasteiger partial charge in [0.1, 0.15) is 19.3 Å². The molecule has 0 amide bonds. The van der Waals surface area contributed by atoms with Crippen LogP contribution in [0.25, 0.3) is 0 Å². The second kappa shape index (κ2) is 77.4. The number of hydrogen-bond acceptors (Lipinski definition) is 15. The van der Waals surface area contributed by atoms with E-state index in [2.05, 4.69) is 41.5 Å². The van der Waals surface area contributed by atoms with Crippen molar-refractivity contribution in [2.75, 3.05) is 39.6 Å². The Morgan fingerprint density at radius 3 is 0.724 bits per heavy atom. The van der Waals surface area contributed by atoms with Crippen LogP contribution in [0.3, 0.4) is 0 Å². The summed E-state index contributed by atoms with van der Waals surface area (Å²) in [6, 6.07) is 0. The van der Waals surface area contributed by atoms with E-state index in [1.807, 2.05) is 0 Å². The van der Waals surface area contributed by atoms with Gasteiger partial charge in [0.25, 0.3) is 0 Å². The summed E-state index contributed by atoms with van der Waals surface area (Å²) >= 11 is 0. The molecule has 0 rings (SSSR count). The molecule has 0 aromatic carbocycles. The molecule has 0 aliphatic heterocycles. The summed E-state index contributed by atoms with van der Waals surface area (Å²) in [5.74, 6) is -0.463. The zero-order valence-corrected chi connectivity index (χ0v) is 70.8. The van der Waals surface area contributed by atoms with Crippen LogP contribution in [0.2, 0.25) is 0 Å². The molecule has 0 aromatic rings. The Labute approximate surface area is 645 Å². The maximum Gasteiger partial charge on any atom is 0.472 e. The van der Waals surface area contributed by atoms with Gasteiger partial charge in [-0.2, -0.15) is 0 Å². The van der Waals surface area contributed by atoms with Crippen LogP contribution in [0, 0.1) is 11.8 Å². The first-order chi connectivity index (χ1) is 50.9. The maximum absolute atomic E-state index is 13.1. The van der Waals surface area contributed by atoms with Crippen LogP contribution in [0.5, 0.6) is 0 Å². The van der Waals surface area contributed by atoms with Crippen LogP contribution < -0.4 is 0 Å². The summed E-state index contributed by atoms with van der Waals surface area (Å²) < 4.78 is 68.9. The van der Waals surface area contributed by atoms with E-state index in [4.69, 9.17) is 37.0 Å². The molecular weight excluding hydrogens is 1370 g/mol. The fraction of sp³-hybridized carbons (Fsp3) is 0.953. The minimum atomic E-state index is -4.97. The molecule has 3 unspecified atom stereocenters. The average Bonchev–Trinajstić information content (AvgIpc) is 0.913. The summed E-state index contributed by atoms with van der Waals surface area (Å²) in [5.41, 5.74) is 0. The maximum atomic E-state index is 13.1. The molecule has 0 aliphatic rings. The van der Waals surface area contributed by atoms with Crippen molar-refractivity contribution >= 4 is 39.5 Å². The summed E-state index contributed by atoms with van der Waals surface area (Å²) in [6.45, 7) is 9.75. The average molecular weight is 1540 g/mol. The van der Waals surface area contributed by atoms with Gasteiger partial charge in [0.15, 0.2) is 12.2 Å². The van der Waals surface area contributed by atoms with Crippen molar-refractivity contribution in [3.63, 3.8) is 0 Å². The van der Waals surface area contributed by atoms with Crippen molar-refractivity contribution in [3.05, 3.63) is 0 Å². The monoisotopic (exact) mass is 1540 g/mol. The van der Waals surface area contributed by atoms with Gasteiger partial charge in [0, 0.05) is 25.7 Å². The summed E-state index contributed by atoms with van der Waals surface area (Å²) in [5, 5.41) is 10.7. The van der Waals surface area contributed by atoms with Gasteiger partial charge in [-0.25, -0.2) is 9.13 Å². The smallest absolute Gasteiger partial charge is 0.462 e. The number of hydrogen-bond donors (Lipinski definition) is 3. The van der Waals surface area contributed by atoms with Crippen LogP contribution in [-0.4, -0.2) is 96.7 Å². The Kier molecular flexibility index (Phi) is 76.0. The molecule has 0 fully saturated rings. The fourth-order valence-corrected chi connectivity index (χ4v) is 15.0. The number of phosphoric acid groups is 2. The number of rotatable bonds is 85. The Hall–Kier alpha value is -1.94. The van der Waals surface area contributed by atoms with Gasteiger partial charge in [0.05, 0.1) is 26.4 Å². The number of aliphatic hydroxyl groups is 1. The molecule has 0 bridgehead atoms. The van der Waals surface area contributed by atoms with Crippen molar-refractivity contribution in [2.45, 2.75) is 477 Å². The third kappa shape index (κ3) is 78.5. The molecule has 3 N–H and O–H groups in total. The molecule has 19 heteroatoms. The second-order valence-corrected chi connectivity index (χ2v) is 34.6. The predicted octanol–water partition coefficient (Wildman–Crippen LogP) is 26.2. The molecule has 624 valence electrons. The Bertz CT molecular complexity index is 2010. The van der Waals surface area contributed by atoms with Crippen LogP contribution in [0.15, 0.2) is 0 Å². The molecule has 6 atom stereocenters. The lowest BCUT2D eigenvalue weighted by Crippen LogP contribution is -2.30. The van der Waals surface area contributed by atoms with E-state index in [1.165, 1.54) is 276 Å². The van der Waals surface area contributed by atoms with Crippen LogP contribution in [0.1, 0.15) is 459 Å². The highest BCUT2D eigenvalue weighted by molar-refractivity contribution is 7.47. The number of esters is 4. The van der Waals surface area contributed by atoms with Gasteiger partial charge < -0.3 is 33.8 Å². The first-order valence-corrected chi connectivity index (χ1v) is 47.5. The molecule has 0 heterocycles. The lowest BCUT2D eigenvalue weighted by atomic mass is 9.99. The highest BCUT2D eigenvalue weighted by atomic mass is 31.2. The van der Waals surface area contributed by atoms with Gasteiger partial charge in [-0.05, 0) is 37.5 Å². The molecule has 0 aliphatic carbocycles. The molecular formula is C86H168O17P2. The molecule has 105 heavy (non-hydrogen) atoms. The lowest BCUT2D eigenvalue weighted by molar-refractivity contribution is -0.161. The Balaban J connectivity index is 5.26. The first-order valence-electron chi connectivity index (χ1n) is 44.5. The van der Waals surface area contributed by atoms with Gasteiger partial charge in [-0.1, -0.05) is 408 Å². The SMILES string of the molecule is CCCCCCCCCCCCCCCCCCCCCC(=O)O[C@H](COC(=O)CCCCCCCCCCCCCCCCC(C)CC)COP(=O)(O)OC[C@@H](O)COP(=O)(O)OC[C@@H](COC(=O)CCCCCCCCCCCCCC)OC(=O)CCCCCCCCCCCCCCCC(C)C. The van der Waals surface area contributed by atoms with E-state index in [1.54, 1.807) is 0 Å². The van der Waals surface area contributed by atoms with Crippen LogP contribution >= 0.6 is 15.6 Å². The molecule has 0 saturated heterocycles. The molecule has 0 aromatic heterocycles. The van der Waals surface area contributed by atoms with Crippen molar-refractivity contribution in [1.82, 2.24) is 0 Å². The summed E-state index contributed by atoms with van der Waals surface area (Å²) in [7, 11) is -9.93. The van der Waals surface area contributed by atoms with E-state index in [-0.39, 0.29) is 25.7 Å². The quantitative estimate of drug-likeness (QED) is 0.0222. The fourth-order valence-electron chi connectivity index (χ4n) is 13.4. The zero-order valence-electron chi connectivity index (χ0n) is 69.0. The first kappa shape index (κ1) is 103. The van der Waals surface area contributed by atoms with Crippen molar-refractivity contribution in [1.29, 1.82) is 0 Å². The number of aliphatic hydroxyl groups excluding tert-OH is 1. The number of carbonyl (C=O) groups is 4. The minimum Gasteiger partial charge on any atom is -0.462 e. The highest BCUT2D eigenvalue weighted by Gasteiger charge is 2.30. The van der Waals surface area contributed by atoms with E-state index in [9.17, 15) is 43.2 Å². The number of carbonyl (C=O) groups excluding carboxylic acids is 4. The number of unbranched alkanes of at least 4 members (excludes halogenated alkanes) is 54. The molecule has 0 saturated carbocycles. The standard InChI is InChI=1S/C86H168O17P2/c1-7-10-12-14-16-18-20-22-23-24-25-26-27-34-40-46-52-58-64-70-85(90)102-82(75-97-84(89)69-63-57-51-45-39-33-29-28-32-37-43-49-55-61-67-79(6)9-3)77-101-105(94,95)99-73-80(87)72-98-104(92,93)100-76-81(74-96-83(88)68-62-56-50-44-38-21-19-17-15-13-11-8-2)103-86(91)71-65-59-53-47-41-35-30-31-36-42-48-54-60-66-78(4)5/h78-82,87H,7-77H2,1-6H3,(H,92,93)(H,94,95)/t79?,80-,81+,82+/m0/s1. The molecule has 0 radical (unpaired) electrons. The Morgan fingerprint density at radius 1 is 0.276 bits per heavy atom. The zero-order chi connectivity index (χ0) is 77.1. The third-order valence-corrected chi connectivity index (χ3v) is 22.5. The molecule has 17 nitrogen and oxygen atoms in total. The predicted molar refractivity (Wildman–Crippen MR) is 432 cm³/mol. The van der Waals surface area contributed by atoms with Crippen molar-refractivity contribution in [2.24, 2.45) is 11.8 Å². The van der Waals surface area contributed by atoms with Gasteiger partial charge in [0.2, 0.25) is 0 Å². The normalized spacial score (nSPS) is 14.1. The lowest BCUT2D eigenvalue weighted by Gasteiger charge is -2.21. The number of phosphoric ester groups is 2. The third-order valence-electron chi connectivity index (χ3n) is 20.6. The van der Waals surface area contributed by atoms with Gasteiger partial charge in [-0.3, -0.25) is 37.3 Å². The highest BCUT2D eigenvalue weighted by Crippen LogP contribution is 2.45.